The van der Waals surface area contributed by atoms with Crippen LogP contribution < -0.4 is 5.32 Å². The minimum absolute atomic E-state index is 0.647. The highest BCUT2D eigenvalue weighted by molar-refractivity contribution is 5.41. The topological polar surface area (TPSA) is 24.9 Å². The second-order valence-corrected chi connectivity index (χ2v) is 3.00. The lowest BCUT2D eigenvalue weighted by molar-refractivity contribution is 1.11. The van der Waals surface area contributed by atoms with Gasteiger partial charge in [0.15, 0.2) is 0 Å². The van der Waals surface area contributed by atoms with E-state index in [1.54, 1.807) is 6.20 Å². The fraction of sp³-hybridized carbons (Fsp3) is 0.300. The summed E-state index contributed by atoms with van der Waals surface area (Å²) in [6.07, 6.45) is 9.44. The van der Waals surface area contributed by atoms with Crippen LogP contribution in [0, 0.1) is 12.3 Å². The maximum absolute atomic E-state index is 5.20. The fourth-order valence-electron chi connectivity index (χ4n) is 1.00. The van der Waals surface area contributed by atoms with Crippen LogP contribution in [0.15, 0.2) is 18.3 Å². The van der Waals surface area contributed by atoms with Gasteiger partial charge in [-0.25, -0.2) is 4.98 Å². The number of aromatic nitrogens is 1. The van der Waals surface area contributed by atoms with E-state index < -0.39 is 0 Å². The van der Waals surface area contributed by atoms with E-state index >= 15 is 0 Å². The molecular weight excluding hydrogens is 148 g/mol. The summed E-state index contributed by atoms with van der Waals surface area (Å²) in [5, 5.41) is 3.29. The van der Waals surface area contributed by atoms with E-state index in [-0.39, 0.29) is 0 Å². The molecule has 0 spiro atoms. The molecular formula is C10H10N2. The summed E-state index contributed by atoms with van der Waals surface area (Å²) in [4.78, 5) is 4.18. The molecule has 1 aromatic rings. The quantitative estimate of drug-likeness (QED) is 0.662. The van der Waals surface area contributed by atoms with Crippen LogP contribution in [-0.2, 0) is 0 Å². The van der Waals surface area contributed by atoms with Crippen LogP contribution in [0.2, 0.25) is 0 Å². The summed E-state index contributed by atoms with van der Waals surface area (Å²) in [7, 11) is 0. The Morgan fingerprint density at radius 2 is 2.33 bits per heavy atom. The van der Waals surface area contributed by atoms with Gasteiger partial charge >= 0.3 is 0 Å². The maximum atomic E-state index is 5.20. The van der Waals surface area contributed by atoms with Gasteiger partial charge in [0.1, 0.15) is 5.82 Å². The van der Waals surface area contributed by atoms with E-state index in [4.69, 9.17) is 6.42 Å². The molecule has 1 fully saturated rings. The number of anilines is 1. The van der Waals surface area contributed by atoms with Crippen LogP contribution in [0.5, 0.6) is 0 Å². The summed E-state index contributed by atoms with van der Waals surface area (Å²) in [5.41, 5.74) is 0.830. The zero-order valence-electron chi connectivity index (χ0n) is 6.75. The van der Waals surface area contributed by atoms with Crippen LogP contribution in [0.1, 0.15) is 18.4 Å². The van der Waals surface area contributed by atoms with Gasteiger partial charge in [-0.2, -0.15) is 0 Å². The number of rotatable bonds is 2. The lowest BCUT2D eigenvalue weighted by Crippen LogP contribution is -2.02. The predicted molar refractivity (Wildman–Crippen MR) is 48.8 cm³/mol. The molecule has 0 aromatic carbocycles. The molecule has 1 aliphatic carbocycles. The molecule has 1 heterocycles. The van der Waals surface area contributed by atoms with Crippen molar-refractivity contribution in [3.63, 3.8) is 0 Å². The Morgan fingerprint density at radius 3 is 2.83 bits per heavy atom. The number of nitrogens with one attached hydrogen (secondary N) is 1. The Labute approximate surface area is 72.0 Å². The molecule has 0 radical (unpaired) electrons. The van der Waals surface area contributed by atoms with Crippen molar-refractivity contribution >= 4 is 5.82 Å². The van der Waals surface area contributed by atoms with Crippen molar-refractivity contribution in [2.75, 3.05) is 5.32 Å². The van der Waals surface area contributed by atoms with Crippen LogP contribution in [-0.4, -0.2) is 11.0 Å². The molecule has 1 N–H and O–H groups in total. The van der Waals surface area contributed by atoms with Gasteiger partial charge in [0.2, 0.25) is 0 Å². The highest BCUT2D eigenvalue weighted by Crippen LogP contribution is 2.23. The predicted octanol–water partition coefficient (Wildman–Crippen LogP) is 1.64. The molecule has 12 heavy (non-hydrogen) atoms. The second-order valence-electron chi connectivity index (χ2n) is 3.00. The normalized spacial score (nSPS) is 15.2. The molecule has 2 nitrogen and oxygen atoms in total. The first-order valence-electron chi connectivity index (χ1n) is 4.08. The number of hydrogen-bond acceptors (Lipinski definition) is 2. The summed E-state index contributed by atoms with van der Waals surface area (Å²) in [5.74, 6) is 3.46. The van der Waals surface area contributed by atoms with Gasteiger partial charge in [0.25, 0.3) is 0 Å². The summed E-state index contributed by atoms with van der Waals surface area (Å²) < 4.78 is 0. The number of terminal acetylenes is 1. The van der Waals surface area contributed by atoms with E-state index in [0.29, 0.717) is 6.04 Å². The highest BCUT2D eigenvalue weighted by atomic mass is 15.0. The fourth-order valence-corrected chi connectivity index (χ4v) is 1.00. The standard InChI is InChI=1S/C10H10N2/c1-2-8-3-6-10(11-7-8)12-9-4-5-9/h1,3,6-7,9H,4-5H2,(H,11,12). The molecule has 0 amide bonds. The second kappa shape index (κ2) is 2.86. The van der Waals surface area contributed by atoms with Gasteiger partial charge in [-0.15, -0.1) is 6.42 Å². The zero-order chi connectivity index (χ0) is 8.39. The van der Waals surface area contributed by atoms with Crippen LogP contribution in [0.4, 0.5) is 5.82 Å². The lowest BCUT2D eigenvalue weighted by Gasteiger charge is -2.01. The largest absolute Gasteiger partial charge is 0.367 e. The molecule has 1 aliphatic rings. The molecule has 0 saturated heterocycles. The van der Waals surface area contributed by atoms with Gasteiger partial charge in [-0.1, -0.05) is 5.92 Å². The molecule has 0 bridgehead atoms. The van der Waals surface area contributed by atoms with Gasteiger partial charge in [0, 0.05) is 17.8 Å². The third-order valence-electron chi connectivity index (χ3n) is 1.86. The van der Waals surface area contributed by atoms with Gasteiger partial charge in [-0.3, -0.25) is 0 Å². The maximum Gasteiger partial charge on any atom is 0.126 e. The summed E-state index contributed by atoms with van der Waals surface area (Å²) >= 11 is 0. The Hall–Kier alpha value is -1.49. The molecule has 1 saturated carbocycles. The van der Waals surface area contributed by atoms with E-state index in [1.807, 2.05) is 12.1 Å². The van der Waals surface area contributed by atoms with Gasteiger partial charge in [-0.05, 0) is 25.0 Å². The first-order chi connectivity index (χ1) is 5.88. The molecule has 60 valence electrons. The number of hydrogen-bond donors (Lipinski definition) is 1. The SMILES string of the molecule is C#Cc1ccc(NC2CC2)nc1. The van der Waals surface area contributed by atoms with E-state index in [1.165, 1.54) is 12.8 Å². The zero-order valence-corrected chi connectivity index (χ0v) is 6.75. The van der Waals surface area contributed by atoms with Crippen LogP contribution >= 0.6 is 0 Å². The first-order valence-corrected chi connectivity index (χ1v) is 4.08. The lowest BCUT2D eigenvalue weighted by atomic mass is 10.3. The van der Waals surface area contributed by atoms with Crippen molar-refractivity contribution in [2.24, 2.45) is 0 Å². The molecule has 1 aromatic heterocycles. The summed E-state index contributed by atoms with van der Waals surface area (Å²) in [6, 6.07) is 4.47. The van der Waals surface area contributed by atoms with Gasteiger partial charge < -0.3 is 5.32 Å². The van der Waals surface area contributed by atoms with Gasteiger partial charge in [0.05, 0.1) is 0 Å². The Kier molecular flexibility index (Phi) is 1.71. The Bertz CT molecular complexity index is 304. The summed E-state index contributed by atoms with van der Waals surface area (Å²) in [6.45, 7) is 0. The smallest absolute Gasteiger partial charge is 0.126 e. The van der Waals surface area contributed by atoms with Crippen molar-refractivity contribution in [1.29, 1.82) is 0 Å². The molecule has 2 heteroatoms. The Balaban J connectivity index is 2.08. The Morgan fingerprint density at radius 1 is 1.50 bits per heavy atom. The third-order valence-corrected chi connectivity index (χ3v) is 1.86. The number of nitrogens with zero attached hydrogens (tertiary/aromatic N) is 1. The monoisotopic (exact) mass is 158 g/mol. The molecule has 0 aliphatic heterocycles. The molecule has 0 atom stereocenters. The first kappa shape index (κ1) is 7.17. The van der Waals surface area contributed by atoms with Crippen molar-refractivity contribution in [1.82, 2.24) is 4.98 Å². The van der Waals surface area contributed by atoms with E-state index in [9.17, 15) is 0 Å². The minimum Gasteiger partial charge on any atom is -0.367 e. The minimum atomic E-state index is 0.647. The average molecular weight is 158 g/mol. The van der Waals surface area contributed by atoms with E-state index in [0.717, 1.165) is 11.4 Å². The molecule has 2 rings (SSSR count). The third kappa shape index (κ3) is 1.57. The van der Waals surface area contributed by atoms with Crippen LogP contribution in [0.25, 0.3) is 0 Å². The highest BCUT2D eigenvalue weighted by Gasteiger charge is 2.20. The van der Waals surface area contributed by atoms with E-state index in [2.05, 4.69) is 16.2 Å². The van der Waals surface area contributed by atoms with Crippen molar-refractivity contribution in [3.05, 3.63) is 23.9 Å². The van der Waals surface area contributed by atoms with Crippen LogP contribution in [0.3, 0.4) is 0 Å². The van der Waals surface area contributed by atoms with Crippen molar-refractivity contribution < 1.29 is 0 Å². The van der Waals surface area contributed by atoms with Crippen molar-refractivity contribution in [3.8, 4) is 12.3 Å². The number of pyridine rings is 1. The molecule has 0 unspecified atom stereocenters. The average Bonchev–Trinajstić information content (AvgIpc) is 2.90. The van der Waals surface area contributed by atoms with Crippen molar-refractivity contribution in [2.45, 2.75) is 18.9 Å².